The Hall–Kier alpha value is -1.36. The van der Waals surface area contributed by atoms with Crippen LogP contribution in [0.1, 0.15) is 52.7 Å². The van der Waals surface area contributed by atoms with Crippen LogP contribution in [0.4, 0.5) is 0 Å². The molecule has 138 valence electrons. The normalized spacial score (nSPS) is 21.7. The second-order valence-electron chi connectivity index (χ2n) is 9.50. The molecule has 0 aromatic heterocycles. The highest BCUT2D eigenvalue weighted by Gasteiger charge is 2.52. The van der Waals surface area contributed by atoms with Crippen LogP contribution in [-0.4, -0.2) is 18.3 Å². The Balaban J connectivity index is 1.75. The molecular formula is C23H24BBrO2. The summed E-state index contributed by atoms with van der Waals surface area (Å²) in [4.78, 5) is 0. The molecule has 1 fully saturated rings. The second kappa shape index (κ2) is 5.17. The highest BCUT2D eigenvalue weighted by atomic mass is 79.9. The van der Waals surface area contributed by atoms with Gasteiger partial charge in [-0.1, -0.05) is 54.0 Å². The summed E-state index contributed by atoms with van der Waals surface area (Å²) in [7, 11) is -0.336. The highest BCUT2D eigenvalue weighted by molar-refractivity contribution is 9.10. The van der Waals surface area contributed by atoms with Gasteiger partial charge in [-0.15, -0.1) is 0 Å². The number of rotatable bonds is 1. The summed E-state index contributed by atoms with van der Waals surface area (Å²) in [5.74, 6) is 0. The number of hydrogen-bond donors (Lipinski definition) is 0. The molecule has 0 saturated carbocycles. The minimum atomic E-state index is -0.336. The predicted molar refractivity (Wildman–Crippen MR) is 117 cm³/mol. The largest absolute Gasteiger partial charge is 0.494 e. The summed E-state index contributed by atoms with van der Waals surface area (Å²) in [6, 6.07) is 13.5. The lowest BCUT2D eigenvalue weighted by Crippen LogP contribution is -2.41. The van der Waals surface area contributed by atoms with Gasteiger partial charge in [0.25, 0.3) is 0 Å². The molecule has 0 bridgehead atoms. The van der Waals surface area contributed by atoms with Crippen LogP contribution < -0.4 is 5.46 Å². The topological polar surface area (TPSA) is 18.5 Å². The fourth-order valence-corrected chi connectivity index (χ4v) is 5.04. The zero-order chi connectivity index (χ0) is 19.4. The van der Waals surface area contributed by atoms with Crippen molar-refractivity contribution in [1.82, 2.24) is 0 Å². The standard InChI is InChI=1S/C23H24BBrO2/c1-21(2)17-11-15(24-26-22(3,4)23(5,6)27-24)9-13-7-8-14-10-16(25)12-18(21)20(14)19(13)17/h7-12H,1-6H3. The van der Waals surface area contributed by atoms with Crippen LogP contribution in [0.25, 0.3) is 21.5 Å². The molecule has 2 nitrogen and oxygen atoms in total. The molecule has 1 aliphatic heterocycles. The van der Waals surface area contributed by atoms with Crippen LogP contribution in [0.3, 0.4) is 0 Å². The van der Waals surface area contributed by atoms with E-state index in [9.17, 15) is 0 Å². The van der Waals surface area contributed by atoms with Gasteiger partial charge in [-0.25, -0.2) is 0 Å². The summed E-state index contributed by atoms with van der Waals surface area (Å²) in [6.07, 6.45) is 0. The first kappa shape index (κ1) is 17.7. The lowest BCUT2D eigenvalue weighted by molar-refractivity contribution is 0.00578. The van der Waals surface area contributed by atoms with Crippen molar-refractivity contribution in [3.63, 3.8) is 0 Å². The minimum absolute atomic E-state index is 0.0520. The van der Waals surface area contributed by atoms with Crippen molar-refractivity contribution >= 4 is 50.1 Å². The van der Waals surface area contributed by atoms with Gasteiger partial charge < -0.3 is 9.31 Å². The molecule has 3 aromatic carbocycles. The Morgan fingerprint density at radius 3 is 1.85 bits per heavy atom. The van der Waals surface area contributed by atoms with Crippen molar-refractivity contribution in [3.8, 4) is 0 Å². The van der Waals surface area contributed by atoms with Gasteiger partial charge in [0.05, 0.1) is 11.2 Å². The summed E-state index contributed by atoms with van der Waals surface area (Å²) >= 11 is 3.69. The quantitative estimate of drug-likeness (QED) is 0.370. The lowest BCUT2D eigenvalue weighted by Gasteiger charge is -2.32. The summed E-state index contributed by atoms with van der Waals surface area (Å²) in [6.45, 7) is 13.1. The van der Waals surface area contributed by atoms with Crippen LogP contribution in [0.2, 0.25) is 0 Å². The lowest BCUT2D eigenvalue weighted by atomic mass is 9.74. The SMILES string of the molecule is CC1(C)c2cc(Br)cc3ccc4cc(B5OC(C)(C)C(C)(C)O5)cc1c4c23. The van der Waals surface area contributed by atoms with E-state index in [1.165, 1.54) is 32.7 Å². The summed E-state index contributed by atoms with van der Waals surface area (Å²) in [5, 5.41) is 5.32. The maximum absolute atomic E-state index is 6.34. The Morgan fingerprint density at radius 1 is 0.741 bits per heavy atom. The van der Waals surface area contributed by atoms with Crippen molar-refractivity contribution in [2.45, 2.75) is 58.2 Å². The third-order valence-corrected chi connectivity index (χ3v) is 7.35. The molecule has 0 amide bonds. The van der Waals surface area contributed by atoms with Gasteiger partial charge in [-0.2, -0.15) is 0 Å². The molecule has 1 heterocycles. The molecule has 0 unspecified atom stereocenters. The predicted octanol–water partition coefficient (Wildman–Crippen LogP) is 5.69. The van der Waals surface area contributed by atoms with Crippen molar-refractivity contribution in [2.75, 3.05) is 0 Å². The van der Waals surface area contributed by atoms with Gasteiger partial charge in [-0.05, 0) is 78.0 Å². The van der Waals surface area contributed by atoms with Crippen LogP contribution >= 0.6 is 15.9 Å². The minimum Gasteiger partial charge on any atom is -0.399 e. The first-order valence-electron chi connectivity index (χ1n) is 9.58. The molecule has 0 spiro atoms. The Bertz CT molecular complexity index is 1110. The van der Waals surface area contributed by atoms with Crippen LogP contribution in [0.5, 0.6) is 0 Å². The fraction of sp³-hybridized carbons (Fsp3) is 0.391. The van der Waals surface area contributed by atoms with E-state index in [1.807, 2.05) is 0 Å². The molecule has 0 N–H and O–H groups in total. The molecule has 2 aliphatic rings. The van der Waals surface area contributed by atoms with Crippen LogP contribution in [0, 0.1) is 0 Å². The van der Waals surface area contributed by atoms with Gasteiger partial charge in [0, 0.05) is 9.89 Å². The van der Waals surface area contributed by atoms with Crippen molar-refractivity contribution in [2.24, 2.45) is 0 Å². The number of halogens is 1. The maximum Gasteiger partial charge on any atom is 0.494 e. The maximum atomic E-state index is 6.34. The first-order valence-corrected chi connectivity index (χ1v) is 10.4. The van der Waals surface area contributed by atoms with Crippen LogP contribution in [0.15, 0.2) is 40.9 Å². The van der Waals surface area contributed by atoms with Gasteiger partial charge in [0.15, 0.2) is 0 Å². The van der Waals surface area contributed by atoms with Gasteiger partial charge >= 0.3 is 7.12 Å². The van der Waals surface area contributed by atoms with Gasteiger partial charge in [0.2, 0.25) is 0 Å². The van der Waals surface area contributed by atoms with E-state index < -0.39 is 0 Å². The molecule has 0 atom stereocenters. The Labute approximate surface area is 169 Å². The summed E-state index contributed by atoms with van der Waals surface area (Å²) < 4.78 is 13.8. The van der Waals surface area contributed by atoms with E-state index in [4.69, 9.17) is 9.31 Å². The monoisotopic (exact) mass is 422 g/mol. The van der Waals surface area contributed by atoms with E-state index in [-0.39, 0.29) is 23.7 Å². The van der Waals surface area contributed by atoms with Crippen molar-refractivity contribution in [3.05, 3.63) is 52.0 Å². The fourth-order valence-electron chi connectivity index (χ4n) is 4.56. The smallest absolute Gasteiger partial charge is 0.399 e. The highest BCUT2D eigenvalue weighted by Crippen LogP contribution is 2.49. The molecular weight excluding hydrogens is 399 g/mol. The van der Waals surface area contributed by atoms with Crippen molar-refractivity contribution in [1.29, 1.82) is 0 Å². The molecule has 27 heavy (non-hydrogen) atoms. The van der Waals surface area contributed by atoms with E-state index in [0.717, 1.165) is 9.94 Å². The molecule has 1 aliphatic carbocycles. The average molecular weight is 423 g/mol. The van der Waals surface area contributed by atoms with Gasteiger partial charge in [-0.3, -0.25) is 0 Å². The average Bonchev–Trinajstić information content (AvgIpc) is 2.93. The molecule has 3 aromatic rings. The first-order chi connectivity index (χ1) is 12.5. The molecule has 5 rings (SSSR count). The number of benzene rings is 3. The van der Waals surface area contributed by atoms with E-state index >= 15 is 0 Å². The zero-order valence-corrected chi connectivity index (χ0v) is 18.3. The van der Waals surface area contributed by atoms with E-state index in [2.05, 4.69) is 93.9 Å². The number of hydrogen-bond acceptors (Lipinski definition) is 2. The molecule has 4 heteroatoms. The Kier molecular flexibility index (Phi) is 3.39. The van der Waals surface area contributed by atoms with E-state index in [1.54, 1.807) is 0 Å². The van der Waals surface area contributed by atoms with Crippen molar-refractivity contribution < 1.29 is 9.31 Å². The van der Waals surface area contributed by atoms with E-state index in [0.29, 0.717) is 0 Å². The van der Waals surface area contributed by atoms with Gasteiger partial charge in [0.1, 0.15) is 0 Å². The molecule has 1 saturated heterocycles. The third-order valence-electron chi connectivity index (χ3n) is 6.89. The summed E-state index contributed by atoms with van der Waals surface area (Å²) in [5.41, 5.74) is 3.14. The molecule has 0 radical (unpaired) electrons. The van der Waals surface area contributed by atoms with Crippen LogP contribution in [-0.2, 0) is 14.7 Å². The Morgan fingerprint density at radius 2 is 1.26 bits per heavy atom. The third kappa shape index (κ3) is 2.27. The second-order valence-corrected chi connectivity index (χ2v) is 10.4. The zero-order valence-electron chi connectivity index (χ0n) is 16.7.